The van der Waals surface area contributed by atoms with Crippen molar-refractivity contribution in [3.63, 3.8) is 0 Å². The van der Waals surface area contributed by atoms with Crippen molar-refractivity contribution in [2.24, 2.45) is 5.92 Å². The van der Waals surface area contributed by atoms with Gasteiger partial charge in [0.1, 0.15) is 0 Å². The third-order valence-electron chi connectivity index (χ3n) is 5.92. The maximum absolute atomic E-state index is 12.2. The number of likely N-dealkylation sites (N-methyl/N-ethyl adjacent to an activating group) is 1. The first kappa shape index (κ1) is 18.2. The number of benzene rings is 2. The minimum atomic E-state index is -3.36. The zero-order valence-corrected chi connectivity index (χ0v) is 16.4. The van der Waals surface area contributed by atoms with Crippen molar-refractivity contribution in [2.45, 2.75) is 18.3 Å². The number of fused-ring (bicyclic) bond motifs is 1. The van der Waals surface area contributed by atoms with E-state index >= 15 is 0 Å². The number of carbonyl (C=O) groups is 1. The van der Waals surface area contributed by atoms with E-state index < -0.39 is 10.0 Å². The van der Waals surface area contributed by atoms with Crippen molar-refractivity contribution in [2.75, 3.05) is 26.4 Å². The van der Waals surface area contributed by atoms with E-state index in [9.17, 15) is 13.2 Å². The van der Waals surface area contributed by atoms with Gasteiger partial charge in [-0.1, -0.05) is 48.5 Å². The zero-order chi connectivity index (χ0) is 19.2. The lowest BCUT2D eigenvalue weighted by Crippen LogP contribution is -2.43. The Morgan fingerprint density at radius 1 is 1.04 bits per heavy atom. The molecule has 0 saturated heterocycles. The molecule has 6 heteroatoms. The highest BCUT2D eigenvalue weighted by Gasteiger charge is 2.42. The number of rotatable bonds is 5. The molecular formula is C21H24N2O3S. The van der Waals surface area contributed by atoms with Gasteiger partial charge in [0.25, 0.3) is 0 Å². The molecule has 27 heavy (non-hydrogen) atoms. The van der Waals surface area contributed by atoms with Crippen LogP contribution in [0, 0.1) is 5.92 Å². The van der Waals surface area contributed by atoms with E-state index in [1.807, 2.05) is 0 Å². The first-order valence-electron chi connectivity index (χ1n) is 9.22. The molecule has 1 atom stereocenters. The standard InChI is InChI=1S/C21H24N2O3S/c1-23(27(2,25)26)13-20(24)22-12-14-11-19-15-7-3-5-9-17(15)21(14)18-10-6-4-8-16(18)19/h3-10,14,19,21H,11-13H2,1-2H3,(H,22,24)/t14-,19?,21?/m0/s1. The second-order valence-corrected chi connectivity index (χ2v) is 9.70. The normalized spacial score (nSPS) is 23.0. The fourth-order valence-electron chi connectivity index (χ4n) is 4.58. The molecule has 3 aliphatic rings. The molecular weight excluding hydrogens is 360 g/mol. The topological polar surface area (TPSA) is 66.5 Å². The Kier molecular flexibility index (Phi) is 4.56. The van der Waals surface area contributed by atoms with E-state index in [0.29, 0.717) is 18.4 Å². The predicted octanol–water partition coefficient (Wildman–Crippen LogP) is 2.29. The summed E-state index contributed by atoms with van der Waals surface area (Å²) in [5.74, 6) is 0.691. The Bertz CT molecular complexity index is 939. The number of amides is 1. The van der Waals surface area contributed by atoms with Crippen molar-refractivity contribution in [1.82, 2.24) is 9.62 Å². The Morgan fingerprint density at radius 3 is 2.07 bits per heavy atom. The number of hydrogen-bond acceptors (Lipinski definition) is 3. The molecule has 0 aliphatic heterocycles. The Hall–Kier alpha value is -2.18. The largest absolute Gasteiger partial charge is 0.355 e. The van der Waals surface area contributed by atoms with Crippen molar-refractivity contribution in [3.05, 3.63) is 70.8 Å². The number of hydrogen-bond donors (Lipinski definition) is 1. The maximum atomic E-state index is 12.2. The summed E-state index contributed by atoms with van der Waals surface area (Å²) in [5.41, 5.74) is 5.53. The van der Waals surface area contributed by atoms with Crippen LogP contribution in [0.2, 0.25) is 0 Å². The monoisotopic (exact) mass is 384 g/mol. The van der Waals surface area contributed by atoms with Crippen LogP contribution in [0.1, 0.15) is 40.5 Å². The van der Waals surface area contributed by atoms with E-state index in [1.165, 1.54) is 29.3 Å². The first-order chi connectivity index (χ1) is 12.9. The number of sulfonamides is 1. The van der Waals surface area contributed by atoms with Crippen LogP contribution >= 0.6 is 0 Å². The summed E-state index contributed by atoms with van der Waals surface area (Å²) in [6.07, 6.45) is 2.11. The van der Waals surface area contributed by atoms with Gasteiger partial charge in [0, 0.05) is 25.4 Å². The molecule has 2 bridgehead atoms. The molecule has 0 heterocycles. The molecule has 0 unspecified atom stereocenters. The molecule has 5 nitrogen and oxygen atoms in total. The van der Waals surface area contributed by atoms with Gasteiger partial charge in [0.05, 0.1) is 12.8 Å². The van der Waals surface area contributed by atoms with Crippen molar-refractivity contribution in [3.8, 4) is 0 Å². The molecule has 0 fully saturated rings. The van der Waals surface area contributed by atoms with Gasteiger partial charge in [-0.2, -0.15) is 4.31 Å². The van der Waals surface area contributed by atoms with E-state index in [0.717, 1.165) is 17.0 Å². The van der Waals surface area contributed by atoms with Crippen molar-refractivity contribution >= 4 is 15.9 Å². The molecule has 0 saturated carbocycles. The fraction of sp³-hybridized carbons (Fsp3) is 0.381. The van der Waals surface area contributed by atoms with E-state index in [-0.39, 0.29) is 18.4 Å². The van der Waals surface area contributed by atoms with Crippen LogP contribution in [0.25, 0.3) is 0 Å². The second-order valence-electron chi connectivity index (χ2n) is 7.61. The summed E-state index contributed by atoms with van der Waals surface area (Å²) in [7, 11) is -1.94. The van der Waals surface area contributed by atoms with Gasteiger partial charge in [-0.25, -0.2) is 8.42 Å². The quantitative estimate of drug-likeness (QED) is 0.860. The lowest BCUT2D eigenvalue weighted by molar-refractivity contribution is -0.121. The molecule has 1 N–H and O–H groups in total. The van der Waals surface area contributed by atoms with Gasteiger partial charge in [-0.05, 0) is 34.6 Å². The first-order valence-corrected chi connectivity index (χ1v) is 11.1. The maximum Gasteiger partial charge on any atom is 0.235 e. The average Bonchev–Trinajstić information content (AvgIpc) is 2.66. The molecule has 2 aromatic carbocycles. The minimum Gasteiger partial charge on any atom is -0.355 e. The fourth-order valence-corrected chi connectivity index (χ4v) is 4.93. The summed E-state index contributed by atoms with van der Waals surface area (Å²) in [5, 5.41) is 2.96. The average molecular weight is 385 g/mol. The number of nitrogens with one attached hydrogen (secondary N) is 1. The summed E-state index contributed by atoms with van der Waals surface area (Å²) in [4.78, 5) is 12.2. The number of carbonyl (C=O) groups excluding carboxylic acids is 1. The molecule has 3 aliphatic carbocycles. The van der Waals surface area contributed by atoms with Gasteiger partial charge in [0.2, 0.25) is 15.9 Å². The molecule has 0 spiro atoms. The molecule has 2 aromatic rings. The third-order valence-corrected chi connectivity index (χ3v) is 7.18. The van der Waals surface area contributed by atoms with Crippen LogP contribution in [-0.2, 0) is 14.8 Å². The van der Waals surface area contributed by atoms with Gasteiger partial charge < -0.3 is 5.32 Å². The smallest absolute Gasteiger partial charge is 0.235 e. The summed E-state index contributed by atoms with van der Waals surface area (Å²) in [6.45, 7) is 0.410. The van der Waals surface area contributed by atoms with Crippen LogP contribution in [0.3, 0.4) is 0 Å². The molecule has 142 valence electrons. The highest BCUT2D eigenvalue weighted by molar-refractivity contribution is 7.88. The third kappa shape index (κ3) is 3.28. The lowest BCUT2D eigenvalue weighted by atomic mass is 9.59. The van der Waals surface area contributed by atoms with Crippen LogP contribution in [0.5, 0.6) is 0 Å². The Morgan fingerprint density at radius 2 is 1.56 bits per heavy atom. The van der Waals surface area contributed by atoms with Crippen LogP contribution < -0.4 is 5.32 Å². The summed E-state index contributed by atoms with van der Waals surface area (Å²) < 4.78 is 24.1. The molecule has 0 radical (unpaired) electrons. The van der Waals surface area contributed by atoms with Gasteiger partial charge in [-0.15, -0.1) is 0 Å². The Labute approximate surface area is 160 Å². The summed E-state index contributed by atoms with van der Waals surface area (Å²) >= 11 is 0. The zero-order valence-electron chi connectivity index (χ0n) is 15.6. The Balaban J connectivity index is 1.54. The molecule has 5 rings (SSSR count). The van der Waals surface area contributed by atoms with Gasteiger partial charge >= 0.3 is 0 Å². The number of nitrogens with zero attached hydrogens (tertiary/aromatic N) is 1. The van der Waals surface area contributed by atoms with E-state index in [2.05, 4.69) is 53.8 Å². The lowest BCUT2D eigenvalue weighted by Gasteiger charge is -2.45. The van der Waals surface area contributed by atoms with Crippen LogP contribution in [0.15, 0.2) is 48.5 Å². The second kappa shape index (κ2) is 6.77. The van der Waals surface area contributed by atoms with Gasteiger partial charge in [-0.3, -0.25) is 4.79 Å². The highest BCUT2D eigenvalue weighted by Crippen LogP contribution is 2.55. The highest BCUT2D eigenvalue weighted by atomic mass is 32.2. The minimum absolute atomic E-state index is 0.146. The van der Waals surface area contributed by atoms with Crippen molar-refractivity contribution < 1.29 is 13.2 Å². The predicted molar refractivity (Wildman–Crippen MR) is 105 cm³/mol. The molecule has 1 amide bonds. The van der Waals surface area contributed by atoms with Crippen molar-refractivity contribution in [1.29, 1.82) is 0 Å². The summed E-state index contributed by atoms with van der Waals surface area (Å²) in [6, 6.07) is 17.2. The van der Waals surface area contributed by atoms with E-state index in [4.69, 9.17) is 0 Å². The SMILES string of the molecule is CN(CC(=O)NC[C@@H]1CC2c3ccccc3C1c1ccccc12)S(C)(=O)=O. The van der Waals surface area contributed by atoms with E-state index in [1.54, 1.807) is 0 Å². The van der Waals surface area contributed by atoms with Crippen LogP contribution in [-0.4, -0.2) is 45.0 Å². The van der Waals surface area contributed by atoms with Crippen LogP contribution in [0.4, 0.5) is 0 Å². The van der Waals surface area contributed by atoms with Gasteiger partial charge in [0.15, 0.2) is 0 Å². The molecule has 0 aromatic heterocycles.